The SMILES string of the molecule is CCN(CC1CC1)c1ncccc1CN. The van der Waals surface area contributed by atoms with Gasteiger partial charge in [-0.2, -0.15) is 0 Å². The third-order valence-electron chi connectivity index (χ3n) is 2.94. The van der Waals surface area contributed by atoms with Gasteiger partial charge in [0.2, 0.25) is 0 Å². The number of nitrogens with two attached hydrogens (primary N) is 1. The van der Waals surface area contributed by atoms with Crippen molar-refractivity contribution in [2.45, 2.75) is 26.3 Å². The standard InChI is InChI=1S/C12H19N3/c1-2-15(9-10-5-6-10)12-11(8-13)4-3-7-14-12/h3-4,7,10H,2,5-6,8-9,13H2,1H3. The van der Waals surface area contributed by atoms with Crippen LogP contribution in [-0.4, -0.2) is 18.1 Å². The average Bonchev–Trinajstić information content (AvgIpc) is 3.10. The second-order valence-corrected chi connectivity index (χ2v) is 4.17. The Kier molecular flexibility index (Phi) is 3.21. The number of hydrogen-bond acceptors (Lipinski definition) is 3. The van der Waals surface area contributed by atoms with E-state index < -0.39 is 0 Å². The molecule has 0 saturated heterocycles. The summed E-state index contributed by atoms with van der Waals surface area (Å²) in [5, 5.41) is 0. The lowest BCUT2D eigenvalue weighted by Crippen LogP contribution is -2.27. The van der Waals surface area contributed by atoms with Gasteiger partial charge in [-0.1, -0.05) is 6.07 Å². The number of nitrogens with zero attached hydrogens (tertiary/aromatic N) is 2. The largest absolute Gasteiger partial charge is 0.356 e. The molecule has 1 fully saturated rings. The number of hydrogen-bond donors (Lipinski definition) is 1. The predicted molar refractivity (Wildman–Crippen MR) is 62.7 cm³/mol. The molecule has 1 saturated carbocycles. The average molecular weight is 205 g/mol. The third kappa shape index (κ3) is 2.48. The first-order valence-electron chi connectivity index (χ1n) is 5.74. The van der Waals surface area contributed by atoms with Crippen LogP contribution in [0.15, 0.2) is 18.3 Å². The van der Waals surface area contributed by atoms with Crippen molar-refractivity contribution in [3.8, 4) is 0 Å². The van der Waals surface area contributed by atoms with Gasteiger partial charge in [0.25, 0.3) is 0 Å². The first kappa shape index (κ1) is 10.4. The second kappa shape index (κ2) is 4.62. The fourth-order valence-corrected chi connectivity index (χ4v) is 1.85. The summed E-state index contributed by atoms with van der Waals surface area (Å²) in [4.78, 5) is 6.79. The van der Waals surface area contributed by atoms with E-state index in [1.807, 2.05) is 12.3 Å². The van der Waals surface area contributed by atoms with Crippen molar-refractivity contribution in [1.82, 2.24) is 4.98 Å². The van der Waals surface area contributed by atoms with Gasteiger partial charge in [-0.25, -0.2) is 4.98 Å². The molecule has 1 heterocycles. The minimum Gasteiger partial charge on any atom is -0.356 e. The molecule has 2 rings (SSSR count). The smallest absolute Gasteiger partial charge is 0.132 e. The van der Waals surface area contributed by atoms with E-state index in [-0.39, 0.29) is 0 Å². The van der Waals surface area contributed by atoms with Crippen LogP contribution in [0.2, 0.25) is 0 Å². The molecule has 1 aliphatic carbocycles. The third-order valence-corrected chi connectivity index (χ3v) is 2.94. The summed E-state index contributed by atoms with van der Waals surface area (Å²) >= 11 is 0. The normalized spacial score (nSPS) is 15.3. The molecule has 0 amide bonds. The van der Waals surface area contributed by atoms with Gasteiger partial charge in [-0.15, -0.1) is 0 Å². The molecule has 3 nitrogen and oxygen atoms in total. The molecule has 15 heavy (non-hydrogen) atoms. The minimum absolute atomic E-state index is 0.574. The molecule has 1 aromatic rings. The molecule has 0 unspecified atom stereocenters. The van der Waals surface area contributed by atoms with E-state index in [0.717, 1.165) is 30.4 Å². The van der Waals surface area contributed by atoms with Crippen LogP contribution in [0.25, 0.3) is 0 Å². The zero-order valence-electron chi connectivity index (χ0n) is 9.32. The lowest BCUT2D eigenvalue weighted by molar-refractivity contribution is 0.726. The Balaban J connectivity index is 2.15. The van der Waals surface area contributed by atoms with E-state index in [0.29, 0.717) is 6.54 Å². The molecule has 1 aliphatic rings. The fourth-order valence-electron chi connectivity index (χ4n) is 1.85. The Hall–Kier alpha value is -1.09. The Morgan fingerprint density at radius 3 is 2.93 bits per heavy atom. The van der Waals surface area contributed by atoms with E-state index in [9.17, 15) is 0 Å². The van der Waals surface area contributed by atoms with Crippen LogP contribution in [-0.2, 0) is 6.54 Å². The maximum Gasteiger partial charge on any atom is 0.132 e. The molecular formula is C12H19N3. The first-order chi connectivity index (χ1) is 7.35. The molecule has 82 valence electrons. The lowest BCUT2D eigenvalue weighted by atomic mass is 10.2. The highest BCUT2D eigenvalue weighted by atomic mass is 15.2. The Morgan fingerprint density at radius 2 is 2.33 bits per heavy atom. The van der Waals surface area contributed by atoms with Gasteiger partial charge in [0, 0.05) is 31.4 Å². The van der Waals surface area contributed by atoms with Gasteiger partial charge < -0.3 is 10.6 Å². The van der Waals surface area contributed by atoms with Crippen LogP contribution in [0.1, 0.15) is 25.3 Å². The molecule has 0 atom stereocenters. The molecular weight excluding hydrogens is 186 g/mol. The molecule has 2 N–H and O–H groups in total. The fraction of sp³-hybridized carbons (Fsp3) is 0.583. The summed E-state index contributed by atoms with van der Waals surface area (Å²) < 4.78 is 0. The van der Waals surface area contributed by atoms with Crippen molar-refractivity contribution in [3.05, 3.63) is 23.9 Å². The van der Waals surface area contributed by atoms with Crippen molar-refractivity contribution in [2.24, 2.45) is 11.7 Å². The summed E-state index contributed by atoms with van der Waals surface area (Å²) in [6, 6.07) is 4.02. The summed E-state index contributed by atoms with van der Waals surface area (Å²) in [5.74, 6) is 1.96. The van der Waals surface area contributed by atoms with Gasteiger partial charge in [0.05, 0.1) is 0 Å². The van der Waals surface area contributed by atoms with Crippen LogP contribution in [0.3, 0.4) is 0 Å². The topological polar surface area (TPSA) is 42.2 Å². The Morgan fingerprint density at radius 1 is 1.53 bits per heavy atom. The van der Waals surface area contributed by atoms with Crippen LogP contribution in [0, 0.1) is 5.92 Å². The zero-order chi connectivity index (χ0) is 10.7. The zero-order valence-corrected chi connectivity index (χ0v) is 9.32. The molecule has 0 radical (unpaired) electrons. The molecule has 0 aliphatic heterocycles. The first-order valence-corrected chi connectivity index (χ1v) is 5.74. The van der Waals surface area contributed by atoms with Crippen LogP contribution in [0.5, 0.6) is 0 Å². The molecule has 1 aromatic heterocycles. The number of pyridine rings is 1. The van der Waals surface area contributed by atoms with Gasteiger partial charge in [-0.3, -0.25) is 0 Å². The molecule has 3 heteroatoms. The predicted octanol–water partition coefficient (Wildman–Crippen LogP) is 1.78. The van der Waals surface area contributed by atoms with Crippen LogP contribution < -0.4 is 10.6 Å². The van der Waals surface area contributed by atoms with E-state index in [1.54, 1.807) is 0 Å². The number of aromatic nitrogens is 1. The van der Waals surface area contributed by atoms with Gasteiger partial charge in [0.15, 0.2) is 0 Å². The summed E-state index contributed by atoms with van der Waals surface area (Å²) in [5.41, 5.74) is 6.88. The highest BCUT2D eigenvalue weighted by Gasteiger charge is 2.24. The second-order valence-electron chi connectivity index (χ2n) is 4.17. The van der Waals surface area contributed by atoms with Gasteiger partial charge in [-0.05, 0) is 31.7 Å². The van der Waals surface area contributed by atoms with Crippen LogP contribution in [0.4, 0.5) is 5.82 Å². The number of rotatable bonds is 5. The monoisotopic (exact) mass is 205 g/mol. The highest BCUT2D eigenvalue weighted by Crippen LogP contribution is 2.31. The van der Waals surface area contributed by atoms with E-state index >= 15 is 0 Å². The Bertz CT molecular complexity index is 320. The summed E-state index contributed by atoms with van der Waals surface area (Å²) in [6.45, 7) is 4.91. The minimum atomic E-state index is 0.574. The maximum absolute atomic E-state index is 5.72. The van der Waals surface area contributed by atoms with Crippen molar-refractivity contribution < 1.29 is 0 Å². The van der Waals surface area contributed by atoms with Crippen molar-refractivity contribution in [3.63, 3.8) is 0 Å². The van der Waals surface area contributed by atoms with Gasteiger partial charge >= 0.3 is 0 Å². The lowest BCUT2D eigenvalue weighted by Gasteiger charge is -2.23. The summed E-state index contributed by atoms with van der Waals surface area (Å²) in [7, 11) is 0. The highest BCUT2D eigenvalue weighted by molar-refractivity contribution is 5.46. The van der Waals surface area contributed by atoms with Crippen LogP contribution >= 0.6 is 0 Å². The quantitative estimate of drug-likeness (QED) is 0.796. The van der Waals surface area contributed by atoms with E-state index in [4.69, 9.17) is 5.73 Å². The van der Waals surface area contributed by atoms with Crippen molar-refractivity contribution in [1.29, 1.82) is 0 Å². The summed E-state index contributed by atoms with van der Waals surface area (Å²) in [6.07, 6.45) is 4.60. The van der Waals surface area contributed by atoms with Crippen molar-refractivity contribution >= 4 is 5.82 Å². The van der Waals surface area contributed by atoms with E-state index in [2.05, 4.69) is 22.9 Å². The molecule has 0 bridgehead atoms. The Labute approximate surface area is 91.3 Å². The van der Waals surface area contributed by atoms with Crippen molar-refractivity contribution in [2.75, 3.05) is 18.0 Å². The molecule has 0 spiro atoms. The van der Waals surface area contributed by atoms with E-state index in [1.165, 1.54) is 12.8 Å². The maximum atomic E-state index is 5.72. The van der Waals surface area contributed by atoms with Gasteiger partial charge in [0.1, 0.15) is 5.82 Å². The molecule has 0 aromatic carbocycles. The number of anilines is 1.